The normalized spacial score (nSPS) is 14.4. The largest absolute Gasteiger partial charge is 0.415 e. The van der Waals surface area contributed by atoms with Gasteiger partial charge in [0.05, 0.1) is 6.10 Å². The molecule has 6 heteroatoms. The predicted octanol–water partition coefficient (Wildman–Crippen LogP) is 1.70. The van der Waals surface area contributed by atoms with Crippen LogP contribution in [0.1, 0.15) is 26.7 Å². The third kappa shape index (κ3) is 8.94. The second-order valence-corrected chi connectivity index (χ2v) is 3.89. The minimum atomic E-state index is -4.53. The molecule has 0 spiro atoms. The van der Waals surface area contributed by atoms with Gasteiger partial charge in [-0.05, 0) is 33.2 Å². The Morgan fingerprint density at radius 3 is 2.38 bits per heavy atom. The molecule has 16 heavy (non-hydrogen) atoms. The molecule has 0 aromatic heterocycles. The molecule has 98 valence electrons. The molecule has 0 aromatic rings. The van der Waals surface area contributed by atoms with Crippen molar-refractivity contribution in [3.05, 3.63) is 0 Å². The van der Waals surface area contributed by atoms with Crippen molar-refractivity contribution in [2.45, 2.75) is 45.1 Å². The molecule has 0 saturated carbocycles. The van der Waals surface area contributed by atoms with Gasteiger partial charge in [0, 0.05) is 13.2 Å². The lowest BCUT2D eigenvalue weighted by Gasteiger charge is -2.15. The standard InChI is InChI=1S/C10H20F3NO2/c1-8(2)16-6-4-3-5-14-7-9(15)10(11,12)13/h8-9,14-15H,3-7H2,1-2H3. The Labute approximate surface area is 94.0 Å². The maximum atomic E-state index is 11.9. The predicted molar refractivity (Wildman–Crippen MR) is 55.3 cm³/mol. The number of aliphatic hydroxyl groups is 1. The van der Waals surface area contributed by atoms with Gasteiger partial charge in [-0.25, -0.2) is 0 Å². The number of hydrogen-bond donors (Lipinski definition) is 2. The molecule has 2 N–H and O–H groups in total. The fourth-order valence-electron chi connectivity index (χ4n) is 1.03. The van der Waals surface area contributed by atoms with Crippen molar-refractivity contribution in [1.29, 1.82) is 0 Å². The van der Waals surface area contributed by atoms with Crippen molar-refractivity contribution >= 4 is 0 Å². The maximum absolute atomic E-state index is 11.9. The van der Waals surface area contributed by atoms with E-state index in [0.717, 1.165) is 12.8 Å². The number of halogens is 3. The average molecular weight is 243 g/mol. The summed E-state index contributed by atoms with van der Waals surface area (Å²) in [6.45, 7) is 4.47. The smallest absolute Gasteiger partial charge is 0.382 e. The highest BCUT2D eigenvalue weighted by atomic mass is 19.4. The van der Waals surface area contributed by atoms with E-state index in [2.05, 4.69) is 5.32 Å². The molecule has 0 aliphatic rings. The number of nitrogens with one attached hydrogen (secondary N) is 1. The molecular weight excluding hydrogens is 223 g/mol. The number of unbranched alkanes of at least 4 members (excludes halogenated alkanes) is 1. The molecule has 0 rings (SSSR count). The Balaban J connectivity index is 3.28. The summed E-state index contributed by atoms with van der Waals surface area (Å²) in [4.78, 5) is 0. The Morgan fingerprint density at radius 1 is 1.25 bits per heavy atom. The van der Waals surface area contributed by atoms with E-state index in [9.17, 15) is 13.2 Å². The first-order chi connectivity index (χ1) is 7.34. The van der Waals surface area contributed by atoms with Crippen LogP contribution in [0.15, 0.2) is 0 Å². The van der Waals surface area contributed by atoms with Gasteiger partial charge in [-0.2, -0.15) is 13.2 Å². The SMILES string of the molecule is CC(C)OCCCCNCC(O)C(F)(F)F. The van der Waals surface area contributed by atoms with Gasteiger partial charge in [-0.1, -0.05) is 0 Å². The van der Waals surface area contributed by atoms with Crippen LogP contribution in [-0.4, -0.2) is 43.2 Å². The topological polar surface area (TPSA) is 41.5 Å². The molecule has 3 nitrogen and oxygen atoms in total. The van der Waals surface area contributed by atoms with E-state index in [1.54, 1.807) is 0 Å². The minimum absolute atomic E-state index is 0.181. The molecule has 0 aliphatic heterocycles. The number of hydrogen-bond acceptors (Lipinski definition) is 3. The van der Waals surface area contributed by atoms with Crippen LogP contribution in [0.4, 0.5) is 13.2 Å². The summed E-state index contributed by atoms with van der Waals surface area (Å²) in [6, 6.07) is 0. The van der Waals surface area contributed by atoms with Gasteiger partial charge in [0.1, 0.15) is 0 Å². The van der Waals surface area contributed by atoms with E-state index in [1.807, 2.05) is 13.8 Å². The lowest BCUT2D eigenvalue weighted by Crippen LogP contribution is -2.38. The quantitative estimate of drug-likeness (QED) is 0.638. The zero-order chi connectivity index (χ0) is 12.6. The van der Waals surface area contributed by atoms with Crippen LogP contribution in [0.2, 0.25) is 0 Å². The van der Waals surface area contributed by atoms with Crippen LogP contribution < -0.4 is 5.32 Å². The highest BCUT2D eigenvalue weighted by Crippen LogP contribution is 2.19. The van der Waals surface area contributed by atoms with Crippen LogP contribution in [0.25, 0.3) is 0 Å². The highest BCUT2D eigenvalue weighted by molar-refractivity contribution is 4.67. The second-order valence-electron chi connectivity index (χ2n) is 3.89. The van der Waals surface area contributed by atoms with E-state index >= 15 is 0 Å². The Morgan fingerprint density at radius 2 is 1.88 bits per heavy atom. The van der Waals surface area contributed by atoms with E-state index in [1.165, 1.54) is 0 Å². The molecule has 1 atom stereocenters. The first kappa shape index (κ1) is 15.7. The maximum Gasteiger partial charge on any atom is 0.415 e. The number of aliphatic hydroxyl groups excluding tert-OH is 1. The third-order valence-corrected chi connectivity index (χ3v) is 1.91. The van der Waals surface area contributed by atoms with Gasteiger partial charge in [0.15, 0.2) is 6.10 Å². The molecule has 0 aromatic carbocycles. The summed E-state index contributed by atoms with van der Waals surface area (Å²) in [6.07, 6.45) is -5.10. The summed E-state index contributed by atoms with van der Waals surface area (Å²) < 4.78 is 40.8. The van der Waals surface area contributed by atoms with Crippen molar-refractivity contribution < 1.29 is 23.0 Å². The van der Waals surface area contributed by atoms with Gasteiger partial charge in [-0.3, -0.25) is 0 Å². The van der Waals surface area contributed by atoms with Gasteiger partial charge < -0.3 is 15.2 Å². The Bertz CT molecular complexity index is 174. The number of rotatable bonds is 8. The van der Waals surface area contributed by atoms with Gasteiger partial charge in [0.25, 0.3) is 0 Å². The molecule has 0 heterocycles. The first-order valence-corrected chi connectivity index (χ1v) is 5.41. The van der Waals surface area contributed by atoms with E-state index in [-0.39, 0.29) is 6.10 Å². The summed E-state index contributed by atoms with van der Waals surface area (Å²) in [7, 11) is 0. The van der Waals surface area contributed by atoms with E-state index in [0.29, 0.717) is 13.2 Å². The third-order valence-electron chi connectivity index (χ3n) is 1.91. The number of alkyl halides is 3. The molecule has 0 radical (unpaired) electrons. The first-order valence-electron chi connectivity index (χ1n) is 5.41. The molecule has 0 amide bonds. The van der Waals surface area contributed by atoms with Gasteiger partial charge in [0.2, 0.25) is 0 Å². The van der Waals surface area contributed by atoms with Crippen molar-refractivity contribution in [3.63, 3.8) is 0 Å². The zero-order valence-corrected chi connectivity index (χ0v) is 9.68. The summed E-state index contributed by atoms with van der Waals surface area (Å²) in [5.41, 5.74) is 0. The van der Waals surface area contributed by atoms with E-state index < -0.39 is 18.8 Å². The van der Waals surface area contributed by atoms with Gasteiger partial charge >= 0.3 is 6.18 Å². The summed E-state index contributed by atoms with van der Waals surface area (Å²) >= 11 is 0. The fourth-order valence-corrected chi connectivity index (χ4v) is 1.03. The number of ether oxygens (including phenoxy) is 1. The molecule has 0 saturated heterocycles. The van der Waals surface area contributed by atoms with Crippen LogP contribution in [0, 0.1) is 0 Å². The molecule has 0 aliphatic carbocycles. The van der Waals surface area contributed by atoms with Crippen molar-refractivity contribution in [3.8, 4) is 0 Å². The van der Waals surface area contributed by atoms with E-state index in [4.69, 9.17) is 9.84 Å². The highest BCUT2D eigenvalue weighted by Gasteiger charge is 2.37. The van der Waals surface area contributed by atoms with Crippen LogP contribution in [0.3, 0.4) is 0 Å². The van der Waals surface area contributed by atoms with Crippen LogP contribution in [0.5, 0.6) is 0 Å². The average Bonchev–Trinajstić information content (AvgIpc) is 2.14. The lowest BCUT2D eigenvalue weighted by molar-refractivity contribution is -0.201. The molecule has 0 fully saturated rings. The van der Waals surface area contributed by atoms with Crippen molar-refractivity contribution in [2.75, 3.05) is 19.7 Å². The molecule has 0 bridgehead atoms. The second kappa shape index (κ2) is 7.86. The fraction of sp³-hybridized carbons (Fsp3) is 1.00. The van der Waals surface area contributed by atoms with Crippen LogP contribution in [-0.2, 0) is 4.74 Å². The Hall–Kier alpha value is -0.330. The minimum Gasteiger partial charge on any atom is -0.382 e. The van der Waals surface area contributed by atoms with Crippen molar-refractivity contribution in [2.24, 2.45) is 0 Å². The van der Waals surface area contributed by atoms with Gasteiger partial charge in [-0.15, -0.1) is 0 Å². The van der Waals surface area contributed by atoms with Crippen LogP contribution >= 0.6 is 0 Å². The van der Waals surface area contributed by atoms with Crippen molar-refractivity contribution in [1.82, 2.24) is 5.32 Å². The summed E-state index contributed by atoms with van der Waals surface area (Å²) in [5.74, 6) is 0. The zero-order valence-electron chi connectivity index (χ0n) is 9.68. The monoisotopic (exact) mass is 243 g/mol. The molecular formula is C10H20F3NO2. The molecule has 1 unspecified atom stereocenters. The summed E-state index contributed by atoms with van der Waals surface area (Å²) in [5, 5.41) is 11.2. The Kier molecular flexibility index (Phi) is 7.70. The lowest BCUT2D eigenvalue weighted by atomic mass is 10.3.